The van der Waals surface area contributed by atoms with E-state index in [0.717, 1.165) is 6.92 Å². The highest BCUT2D eigenvalue weighted by Gasteiger charge is 2.35. The molecule has 0 spiro atoms. The number of guanidine groups is 1. The van der Waals surface area contributed by atoms with Crippen LogP contribution in [0.15, 0.2) is 29.3 Å². The van der Waals surface area contributed by atoms with Crippen LogP contribution in [0.1, 0.15) is 62.9 Å². The van der Waals surface area contributed by atoms with Gasteiger partial charge in [-0.15, -0.1) is 0 Å². The summed E-state index contributed by atoms with van der Waals surface area (Å²) in [5, 5.41) is 28.1. The second kappa shape index (κ2) is 18.6. The number of amides is 4. The molecule has 18 heteroatoms. The number of carbonyl (C=O) groups is 7. The van der Waals surface area contributed by atoms with Crippen molar-refractivity contribution < 1.29 is 48.5 Å². The van der Waals surface area contributed by atoms with Crippen LogP contribution in [0.4, 0.5) is 0 Å². The van der Waals surface area contributed by atoms with E-state index < -0.39 is 84.1 Å². The molecule has 1 aromatic carbocycles. The van der Waals surface area contributed by atoms with E-state index in [-0.39, 0.29) is 31.0 Å². The van der Waals surface area contributed by atoms with Crippen molar-refractivity contribution in [3.05, 3.63) is 35.4 Å². The van der Waals surface area contributed by atoms with Gasteiger partial charge >= 0.3 is 17.9 Å². The van der Waals surface area contributed by atoms with Crippen LogP contribution in [0.3, 0.4) is 0 Å². The minimum absolute atomic E-state index is 0.0300. The Morgan fingerprint density at radius 3 is 2.19 bits per heavy atom. The quantitative estimate of drug-likeness (QED) is 0.0353. The topological polar surface area (TPSA) is 308 Å². The van der Waals surface area contributed by atoms with Gasteiger partial charge in [0.05, 0.1) is 30.5 Å². The molecule has 0 heterocycles. The summed E-state index contributed by atoms with van der Waals surface area (Å²) in [6, 6.07) is 1.36. The number of aliphatic carboxylic acids is 1. The van der Waals surface area contributed by atoms with Crippen molar-refractivity contribution in [1.82, 2.24) is 21.3 Å². The van der Waals surface area contributed by atoms with Gasteiger partial charge in [-0.2, -0.15) is 0 Å². The first-order valence-electron chi connectivity index (χ1n) is 14.5. The summed E-state index contributed by atoms with van der Waals surface area (Å²) in [7, 11) is 0. The summed E-state index contributed by atoms with van der Waals surface area (Å²) in [6.07, 6.45) is -0.0928. The number of nitrogens with one attached hydrogen (secondary N) is 4. The van der Waals surface area contributed by atoms with Gasteiger partial charge in [0.25, 0.3) is 0 Å². The Kier molecular flexibility index (Phi) is 15.8. The van der Waals surface area contributed by atoms with Gasteiger partial charge in [-0.1, -0.05) is 12.1 Å². The van der Waals surface area contributed by atoms with Crippen LogP contribution in [0.2, 0.25) is 0 Å². The zero-order valence-corrected chi connectivity index (χ0v) is 26.7. The number of rotatable bonds is 18. The molecule has 0 saturated heterocycles. The Labute approximate surface area is 271 Å². The third kappa shape index (κ3) is 15.5. The average Bonchev–Trinajstić information content (AvgIpc) is 2.97. The molecule has 12 N–H and O–H groups in total. The van der Waals surface area contributed by atoms with Crippen molar-refractivity contribution in [2.45, 2.75) is 77.2 Å². The van der Waals surface area contributed by atoms with E-state index in [9.17, 15) is 43.8 Å². The summed E-state index contributed by atoms with van der Waals surface area (Å²) >= 11 is 0. The molecule has 47 heavy (non-hydrogen) atoms. The number of nitrogens with two attached hydrogens (primary N) is 3. The fraction of sp³-hybridized carbons (Fsp3) is 0.517. The van der Waals surface area contributed by atoms with Gasteiger partial charge < -0.3 is 53.4 Å². The molecule has 0 bridgehead atoms. The molecule has 0 radical (unpaired) electrons. The van der Waals surface area contributed by atoms with Crippen LogP contribution >= 0.6 is 0 Å². The first-order valence-corrected chi connectivity index (χ1v) is 14.5. The number of ether oxygens (including phenoxy) is 1. The van der Waals surface area contributed by atoms with Gasteiger partial charge in [-0.3, -0.25) is 33.8 Å². The van der Waals surface area contributed by atoms with Crippen molar-refractivity contribution >= 4 is 47.5 Å². The van der Waals surface area contributed by atoms with E-state index in [4.69, 9.17) is 21.9 Å². The third-order valence-corrected chi connectivity index (χ3v) is 6.28. The lowest BCUT2D eigenvalue weighted by Gasteiger charge is -2.26. The first kappa shape index (κ1) is 39.8. The molecule has 0 aromatic heterocycles. The van der Waals surface area contributed by atoms with Crippen LogP contribution < -0.4 is 38.5 Å². The Balaban J connectivity index is 3.04. The Morgan fingerprint density at radius 2 is 1.62 bits per heavy atom. The molecule has 4 amide bonds. The number of hydrogen-bond donors (Lipinski definition) is 9. The second-order valence-corrected chi connectivity index (χ2v) is 11.5. The van der Waals surface area contributed by atoms with E-state index in [2.05, 4.69) is 26.3 Å². The Morgan fingerprint density at radius 1 is 0.957 bits per heavy atom. The highest BCUT2D eigenvalue weighted by Crippen LogP contribution is 2.12. The van der Waals surface area contributed by atoms with Gasteiger partial charge in [0.15, 0.2) is 5.96 Å². The van der Waals surface area contributed by atoms with Crippen LogP contribution in [-0.2, 0) is 40.0 Å². The van der Waals surface area contributed by atoms with Crippen molar-refractivity contribution in [2.24, 2.45) is 28.1 Å². The molecule has 18 nitrogen and oxygen atoms in total. The fourth-order valence-corrected chi connectivity index (χ4v) is 3.88. The molecular weight excluding hydrogens is 620 g/mol. The fourth-order valence-electron chi connectivity index (χ4n) is 3.88. The molecular formula is C29H44N8O10. The summed E-state index contributed by atoms with van der Waals surface area (Å²) in [5.41, 5.74) is 15.7. The second-order valence-electron chi connectivity index (χ2n) is 11.5. The lowest BCUT2D eigenvalue weighted by molar-refractivity contribution is -0.157. The summed E-state index contributed by atoms with van der Waals surface area (Å²) in [6.45, 7) is 5.30. The van der Waals surface area contributed by atoms with E-state index in [1.165, 1.54) is 18.2 Å². The van der Waals surface area contributed by atoms with Crippen molar-refractivity contribution in [1.29, 1.82) is 0 Å². The molecule has 4 atom stereocenters. The summed E-state index contributed by atoms with van der Waals surface area (Å²) < 4.78 is 5.26. The number of aromatic carboxylic acids is 1. The highest BCUT2D eigenvalue weighted by atomic mass is 16.6. The zero-order chi connectivity index (χ0) is 35.9. The van der Waals surface area contributed by atoms with Crippen LogP contribution in [-0.4, -0.2) is 94.5 Å². The normalized spacial score (nSPS) is 13.5. The van der Waals surface area contributed by atoms with Crippen molar-refractivity contribution in [2.75, 3.05) is 13.1 Å². The SMILES string of the molecule is C[C@H](C(=O)O)[C@H](NC(=O)CNC(=O)[C@@H](N)CCCN=C(N)N)C(=O)N[C@@H](CC(=O)OC(C)(C)C)C(=O)NCc1cccc(C(=O)O)c1. The molecule has 1 rings (SSSR count). The maximum absolute atomic E-state index is 13.3. The molecule has 0 fully saturated rings. The minimum Gasteiger partial charge on any atom is -0.481 e. The highest BCUT2D eigenvalue weighted by molar-refractivity contribution is 5.97. The summed E-state index contributed by atoms with van der Waals surface area (Å²) in [5.74, 6) is -8.78. The van der Waals surface area contributed by atoms with Crippen molar-refractivity contribution in [3.63, 3.8) is 0 Å². The first-order chi connectivity index (χ1) is 21.8. The Hall–Kier alpha value is -5.26. The monoisotopic (exact) mass is 664 g/mol. The molecule has 0 unspecified atom stereocenters. The predicted octanol–water partition coefficient (Wildman–Crippen LogP) is -2.08. The van der Waals surface area contributed by atoms with E-state index in [0.29, 0.717) is 12.0 Å². The number of benzene rings is 1. The lowest BCUT2D eigenvalue weighted by atomic mass is 10.00. The van der Waals surface area contributed by atoms with Gasteiger partial charge in [-0.05, 0) is 58.2 Å². The lowest BCUT2D eigenvalue weighted by Crippen LogP contribution is -2.58. The number of esters is 1. The van der Waals surface area contributed by atoms with Gasteiger partial charge in [0.2, 0.25) is 23.6 Å². The molecule has 0 aliphatic heterocycles. The number of carboxylic acid groups (broad SMARTS) is 2. The number of nitrogens with zero attached hydrogens (tertiary/aromatic N) is 1. The van der Waals surface area contributed by atoms with Gasteiger partial charge in [0, 0.05) is 13.1 Å². The van der Waals surface area contributed by atoms with Crippen molar-refractivity contribution in [3.8, 4) is 0 Å². The molecule has 0 aliphatic rings. The van der Waals surface area contributed by atoms with Gasteiger partial charge in [0.1, 0.15) is 17.7 Å². The maximum atomic E-state index is 13.3. The number of carbonyl (C=O) groups excluding carboxylic acids is 5. The molecule has 1 aromatic rings. The van der Waals surface area contributed by atoms with E-state index >= 15 is 0 Å². The van der Waals surface area contributed by atoms with Crippen LogP contribution in [0.5, 0.6) is 0 Å². The van der Waals surface area contributed by atoms with E-state index in [1.54, 1.807) is 26.8 Å². The maximum Gasteiger partial charge on any atom is 0.335 e. The third-order valence-electron chi connectivity index (χ3n) is 6.28. The molecule has 0 saturated carbocycles. The molecule has 0 aliphatic carbocycles. The Bertz CT molecular complexity index is 1340. The van der Waals surface area contributed by atoms with Crippen LogP contribution in [0, 0.1) is 5.92 Å². The zero-order valence-electron chi connectivity index (χ0n) is 26.7. The average molecular weight is 665 g/mol. The standard InChI is InChI=1S/C29H44N8O10/c1-15(26(43)44)22(37-20(38)14-35-23(40)18(30)9-6-10-33-28(31)32)25(42)36-19(12-21(39)47-29(2,3)4)24(41)34-13-16-7-5-8-17(11-16)27(45)46/h5,7-8,11,15,18-19,22H,6,9-10,12-14,30H2,1-4H3,(H,34,41)(H,35,40)(H,36,42)(H,37,38)(H,43,44)(H,45,46)(H4,31,32,33)/t15-,18-,19-,22-/m0/s1. The number of hydrogen-bond acceptors (Lipinski definition) is 10. The molecule has 260 valence electrons. The predicted molar refractivity (Wildman–Crippen MR) is 167 cm³/mol. The summed E-state index contributed by atoms with van der Waals surface area (Å²) in [4.78, 5) is 90.9. The smallest absolute Gasteiger partial charge is 0.335 e. The van der Waals surface area contributed by atoms with Crippen LogP contribution in [0.25, 0.3) is 0 Å². The minimum atomic E-state index is -1.74. The van der Waals surface area contributed by atoms with E-state index in [1.807, 2.05) is 0 Å². The van der Waals surface area contributed by atoms with Gasteiger partial charge in [-0.25, -0.2) is 4.79 Å². The largest absolute Gasteiger partial charge is 0.481 e. The number of aliphatic imine (C=N–C) groups is 1. The number of carboxylic acids is 2.